The van der Waals surface area contributed by atoms with E-state index >= 15 is 0 Å². The summed E-state index contributed by atoms with van der Waals surface area (Å²) in [7, 11) is -3.70. The summed E-state index contributed by atoms with van der Waals surface area (Å²) < 4.78 is 21.3. The topological polar surface area (TPSA) is 51.2 Å². The third-order valence-electron chi connectivity index (χ3n) is 3.36. The number of carbonyl (C=O) groups is 1. The first-order chi connectivity index (χ1) is 9.73. The van der Waals surface area contributed by atoms with Crippen molar-refractivity contribution in [2.75, 3.05) is 6.26 Å². The minimum absolute atomic E-state index is 0.276. The predicted octanol–water partition coefficient (Wildman–Crippen LogP) is 3.54. The molecule has 0 radical (unpaired) electrons. The predicted molar refractivity (Wildman–Crippen MR) is 85.3 cm³/mol. The number of hydrogen-bond donors (Lipinski definition) is 0. The van der Waals surface area contributed by atoms with Crippen LogP contribution in [0.4, 0.5) is 0 Å². The van der Waals surface area contributed by atoms with Crippen molar-refractivity contribution in [3.05, 3.63) is 60.2 Å². The zero-order chi connectivity index (χ0) is 15.7. The normalized spacial score (nSPS) is 14.4. The monoisotopic (exact) mass is 322 g/mol. The van der Waals surface area contributed by atoms with Crippen LogP contribution in [0.2, 0.25) is 0 Å². The van der Waals surface area contributed by atoms with E-state index in [1.807, 2.05) is 30.3 Å². The van der Waals surface area contributed by atoms with E-state index in [1.165, 1.54) is 6.92 Å². The number of alkyl halides is 1. The molecule has 0 unspecified atom stereocenters. The summed E-state index contributed by atoms with van der Waals surface area (Å²) in [5.41, 5.74) is 2.24. The summed E-state index contributed by atoms with van der Waals surface area (Å²) in [5, 5.41) is 0. The van der Waals surface area contributed by atoms with Crippen LogP contribution in [0.1, 0.15) is 17.3 Å². The Kier molecular flexibility index (Phi) is 4.21. The van der Waals surface area contributed by atoms with Gasteiger partial charge >= 0.3 is 0 Å². The number of Topliss-reactive ketones (excluding diaryl/α,β-unsaturated/α-hetero) is 1. The van der Waals surface area contributed by atoms with Crippen molar-refractivity contribution in [3.63, 3.8) is 0 Å². The first-order valence-electron chi connectivity index (χ1n) is 6.32. The van der Waals surface area contributed by atoms with Crippen molar-refractivity contribution >= 4 is 27.2 Å². The largest absolute Gasteiger partial charge is 0.291 e. The molecule has 0 fully saturated rings. The number of ketones is 1. The van der Waals surface area contributed by atoms with Gasteiger partial charge in [0.2, 0.25) is 4.21 Å². The summed E-state index contributed by atoms with van der Waals surface area (Å²) >= 11 is 5.92. The second-order valence-corrected chi connectivity index (χ2v) is 8.30. The number of hydrogen-bond acceptors (Lipinski definition) is 3. The van der Waals surface area contributed by atoms with Gasteiger partial charge in [-0.3, -0.25) is 4.79 Å². The first-order valence-corrected chi connectivity index (χ1v) is 8.59. The number of sulfone groups is 1. The summed E-state index contributed by atoms with van der Waals surface area (Å²) in [5.74, 6) is -0.619. The smallest absolute Gasteiger partial charge is 0.204 e. The minimum Gasteiger partial charge on any atom is -0.291 e. The summed E-state index contributed by atoms with van der Waals surface area (Å²) in [6, 6.07) is 16.4. The van der Waals surface area contributed by atoms with Gasteiger partial charge < -0.3 is 0 Å². The molecule has 3 nitrogen and oxygen atoms in total. The maximum absolute atomic E-state index is 12.2. The highest BCUT2D eigenvalue weighted by molar-refractivity contribution is 7.94. The highest BCUT2D eigenvalue weighted by atomic mass is 35.5. The van der Waals surface area contributed by atoms with Crippen molar-refractivity contribution in [2.45, 2.75) is 11.1 Å². The molecule has 0 aromatic heterocycles. The second-order valence-electron chi connectivity index (χ2n) is 4.96. The van der Waals surface area contributed by atoms with E-state index in [4.69, 9.17) is 11.6 Å². The second kappa shape index (κ2) is 5.62. The Morgan fingerprint density at radius 3 is 1.90 bits per heavy atom. The molecule has 0 bridgehead atoms. The average molecular weight is 323 g/mol. The molecule has 2 rings (SSSR count). The lowest BCUT2D eigenvalue weighted by molar-refractivity contribution is 0.0978. The summed E-state index contributed by atoms with van der Waals surface area (Å²) in [6.45, 7) is 1.21. The van der Waals surface area contributed by atoms with Gasteiger partial charge in [0.1, 0.15) is 0 Å². The standard InChI is InChI=1S/C16H15ClO3S/c1-16(17,21(2,19)20)15(18)14-10-8-13(9-11-14)12-6-4-3-5-7-12/h3-11H,1-2H3/t16-/m0/s1. The molecule has 0 saturated heterocycles. The van der Waals surface area contributed by atoms with Crippen LogP contribution in [-0.2, 0) is 9.84 Å². The minimum atomic E-state index is -3.70. The van der Waals surface area contributed by atoms with Crippen LogP contribution in [0.15, 0.2) is 54.6 Å². The fourth-order valence-corrected chi connectivity index (χ4v) is 2.43. The van der Waals surface area contributed by atoms with Gasteiger partial charge in [-0.05, 0) is 18.1 Å². The SMILES string of the molecule is C[C@@](Cl)(C(=O)c1ccc(-c2ccccc2)cc1)S(C)(=O)=O. The lowest BCUT2D eigenvalue weighted by Crippen LogP contribution is -2.37. The van der Waals surface area contributed by atoms with E-state index in [-0.39, 0.29) is 5.56 Å². The Balaban J connectivity index is 2.34. The zero-order valence-electron chi connectivity index (χ0n) is 11.7. The Hall–Kier alpha value is -1.65. The molecule has 0 amide bonds. The highest BCUT2D eigenvalue weighted by Crippen LogP contribution is 2.28. The van der Waals surface area contributed by atoms with Gasteiger partial charge in [-0.2, -0.15) is 0 Å². The highest BCUT2D eigenvalue weighted by Gasteiger charge is 2.41. The molecule has 2 aromatic rings. The maximum Gasteiger partial charge on any atom is 0.204 e. The molecule has 0 saturated carbocycles. The fourth-order valence-electron chi connectivity index (χ4n) is 1.87. The van der Waals surface area contributed by atoms with Gasteiger partial charge in [0.05, 0.1) is 0 Å². The fraction of sp³-hybridized carbons (Fsp3) is 0.188. The molecule has 0 spiro atoms. The maximum atomic E-state index is 12.2. The van der Waals surface area contributed by atoms with Crippen molar-refractivity contribution in [2.24, 2.45) is 0 Å². The van der Waals surface area contributed by atoms with E-state index < -0.39 is 19.8 Å². The molecule has 2 aromatic carbocycles. The average Bonchev–Trinajstić information content (AvgIpc) is 2.46. The van der Waals surface area contributed by atoms with Crippen LogP contribution >= 0.6 is 11.6 Å². The van der Waals surface area contributed by atoms with E-state index in [0.717, 1.165) is 17.4 Å². The zero-order valence-corrected chi connectivity index (χ0v) is 13.3. The van der Waals surface area contributed by atoms with Crippen LogP contribution in [0.3, 0.4) is 0 Å². The molecule has 0 heterocycles. The van der Waals surface area contributed by atoms with Crippen molar-refractivity contribution < 1.29 is 13.2 Å². The number of halogens is 1. The molecule has 21 heavy (non-hydrogen) atoms. The van der Waals surface area contributed by atoms with Crippen molar-refractivity contribution in [1.29, 1.82) is 0 Å². The van der Waals surface area contributed by atoms with Crippen molar-refractivity contribution in [3.8, 4) is 11.1 Å². The van der Waals surface area contributed by atoms with Gasteiger partial charge in [-0.25, -0.2) is 8.42 Å². The molecule has 5 heteroatoms. The van der Waals surface area contributed by atoms with Gasteiger partial charge in [0.25, 0.3) is 0 Å². The number of carbonyl (C=O) groups excluding carboxylic acids is 1. The Bertz CT molecular complexity index is 748. The molecule has 0 aliphatic rings. The summed E-state index contributed by atoms with van der Waals surface area (Å²) in [4.78, 5) is 12.2. The molecule has 0 aliphatic carbocycles. The van der Waals surface area contributed by atoms with Gasteiger partial charge in [-0.1, -0.05) is 66.2 Å². The van der Waals surface area contributed by atoms with Crippen molar-refractivity contribution in [1.82, 2.24) is 0 Å². The molecule has 1 atom stereocenters. The first kappa shape index (κ1) is 15.7. The van der Waals surface area contributed by atoms with E-state index in [2.05, 4.69) is 0 Å². The third-order valence-corrected chi connectivity index (χ3v) is 5.95. The molecular formula is C16H15ClO3S. The molecule has 0 aliphatic heterocycles. The van der Waals surface area contributed by atoms with Crippen LogP contribution in [0.25, 0.3) is 11.1 Å². The van der Waals surface area contributed by atoms with Crippen LogP contribution in [-0.4, -0.2) is 24.7 Å². The van der Waals surface area contributed by atoms with Gasteiger partial charge in [0.15, 0.2) is 15.6 Å². The van der Waals surface area contributed by atoms with E-state index in [0.29, 0.717) is 0 Å². The lowest BCUT2D eigenvalue weighted by atomic mass is 10.0. The van der Waals surface area contributed by atoms with Crippen LogP contribution in [0, 0.1) is 0 Å². The Labute approximate surface area is 129 Å². The van der Waals surface area contributed by atoms with Gasteiger partial charge in [0, 0.05) is 11.8 Å². The van der Waals surface area contributed by atoms with E-state index in [1.54, 1.807) is 24.3 Å². The quantitative estimate of drug-likeness (QED) is 0.639. The number of rotatable bonds is 4. The number of benzene rings is 2. The van der Waals surface area contributed by atoms with Crippen LogP contribution in [0.5, 0.6) is 0 Å². The Morgan fingerprint density at radius 1 is 0.952 bits per heavy atom. The van der Waals surface area contributed by atoms with Crippen LogP contribution < -0.4 is 0 Å². The molecule has 0 N–H and O–H groups in total. The summed E-state index contributed by atoms with van der Waals surface area (Å²) in [6.07, 6.45) is 0.955. The molecular weight excluding hydrogens is 308 g/mol. The van der Waals surface area contributed by atoms with Gasteiger partial charge in [-0.15, -0.1) is 0 Å². The molecule has 110 valence electrons. The Morgan fingerprint density at radius 2 is 1.43 bits per heavy atom. The van der Waals surface area contributed by atoms with E-state index in [9.17, 15) is 13.2 Å². The third kappa shape index (κ3) is 3.17. The lowest BCUT2D eigenvalue weighted by Gasteiger charge is -2.18.